The van der Waals surface area contributed by atoms with Crippen LogP contribution in [0.25, 0.3) is 34.2 Å². The Labute approximate surface area is 215 Å². The Kier molecular flexibility index (Phi) is 8.19. The molecule has 0 unspecified atom stereocenters. The molecular weight excluding hydrogens is 442 g/mol. The number of carbonyl (C=O) groups is 1. The van der Waals surface area contributed by atoms with Crippen LogP contribution in [-0.2, 0) is 10.8 Å². The number of hydrogen-bond donors (Lipinski definition) is 0. The molecule has 0 N–H and O–H groups in total. The van der Waals surface area contributed by atoms with Gasteiger partial charge in [-0.2, -0.15) is 0 Å². The van der Waals surface area contributed by atoms with Crippen LogP contribution in [0.4, 0.5) is 0 Å². The van der Waals surface area contributed by atoms with Crippen molar-refractivity contribution in [2.45, 2.75) is 66.2 Å². The van der Waals surface area contributed by atoms with Crippen molar-refractivity contribution in [1.82, 2.24) is 15.0 Å². The van der Waals surface area contributed by atoms with Gasteiger partial charge in [-0.25, -0.2) is 15.0 Å². The fourth-order valence-electron chi connectivity index (χ4n) is 3.71. The van der Waals surface area contributed by atoms with Crippen molar-refractivity contribution < 1.29 is 4.79 Å². The third kappa shape index (κ3) is 6.31. The van der Waals surface area contributed by atoms with E-state index in [0.717, 1.165) is 23.0 Å². The molecule has 1 aromatic heterocycles. The Morgan fingerprint density at radius 3 is 1.03 bits per heavy atom. The first-order valence-electron chi connectivity index (χ1n) is 12.6. The van der Waals surface area contributed by atoms with Gasteiger partial charge >= 0.3 is 0 Å². The predicted molar refractivity (Wildman–Crippen MR) is 150 cm³/mol. The standard InChI is InChI=1S/C30H31N3O.C2H6/c1-29(2,3)24-15-11-22(12-16-24)27-31-26(21-9-7-20(19-34)8-10-21)32-28(33-27)23-13-17-25(18-14-23)30(4,5)6;1-2/h7-19H,1-6H3;1-2H3. The van der Waals surface area contributed by atoms with Crippen LogP contribution in [-0.4, -0.2) is 21.2 Å². The minimum atomic E-state index is 0.0725. The van der Waals surface area contributed by atoms with E-state index in [-0.39, 0.29) is 10.8 Å². The highest BCUT2D eigenvalue weighted by molar-refractivity contribution is 5.76. The highest BCUT2D eigenvalue weighted by Gasteiger charge is 2.17. The van der Waals surface area contributed by atoms with E-state index >= 15 is 0 Å². The Morgan fingerprint density at radius 1 is 0.500 bits per heavy atom. The number of carbonyl (C=O) groups excluding carboxylic acids is 1. The maximum absolute atomic E-state index is 11.1. The van der Waals surface area contributed by atoms with E-state index in [1.54, 1.807) is 12.1 Å². The van der Waals surface area contributed by atoms with Crippen molar-refractivity contribution in [1.29, 1.82) is 0 Å². The summed E-state index contributed by atoms with van der Waals surface area (Å²) < 4.78 is 0. The second-order valence-electron chi connectivity index (χ2n) is 10.7. The number of benzene rings is 3. The summed E-state index contributed by atoms with van der Waals surface area (Å²) in [6.07, 6.45) is 0.835. The van der Waals surface area contributed by atoms with Crippen LogP contribution < -0.4 is 0 Å². The second-order valence-corrected chi connectivity index (χ2v) is 10.7. The monoisotopic (exact) mass is 479 g/mol. The first kappa shape index (κ1) is 26.9. The molecule has 4 heteroatoms. The van der Waals surface area contributed by atoms with Gasteiger partial charge in [0.2, 0.25) is 0 Å². The molecule has 0 saturated carbocycles. The minimum Gasteiger partial charge on any atom is -0.298 e. The van der Waals surface area contributed by atoms with Crippen molar-refractivity contribution in [2.24, 2.45) is 0 Å². The van der Waals surface area contributed by atoms with E-state index < -0.39 is 0 Å². The lowest BCUT2D eigenvalue weighted by molar-refractivity contribution is 0.112. The maximum atomic E-state index is 11.1. The molecule has 0 aliphatic carbocycles. The summed E-state index contributed by atoms with van der Waals surface area (Å²) in [4.78, 5) is 25.5. The second kappa shape index (κ2) is 10.9. The van der Waals surface area contributed by atoms with Gasteiger partial charge in [-0.05, 0) is 22.0 Å². The van der Waals surface area contributed by atoms with Crippen LogP contribution in [0.5, 0.6) is 0 Å². The first-order valence-corrected chi connectivity index (χ1v) is 12.6. The molecule has 0 spiro atoms. The Hall–Kier alpha value is -3.66. The number of aromatic nitrogens is 3. The van der Waals surface area contributed by atoms with Gasteiger partial charge in [-0.15, -0.1) is 0 Å². The molecule has 36 heavy (non-hydrogen) atoms. The van der Waals surface area contributed by atoms with Crippen LogP contribution >= 0.6 is 0 Å². The molecule has 4 aromatic rings. The van der Waals surface area contributed by atoms with E-state index in [4.69, 9.17) is 15.0 Å². The highest BCUT2D eigenvalue weighted by atomic mass is 16.1. The molecule has 0 atom stereocenters. The number of nitrogens with zero attached hydrogens (tertiary/aromatic N) is 3. The van der Waals surface area contributed by atoms with E-state index in [0.29, 0.717) is 23.0 Å². The van der Waals surface area contributed by atoms with Crippen LogP contribution in [0.2, 0.25) is 0 Å². The molecule has 0 saturated heterocycles. The Balaban J connectivity index is 0.00000176. The lowest BCUT2D eigenvalue weighted by Crippen LogP contribution is -2.10. The smallest absolute Gasteiger partial charge is 0.164 e. The summed E-state index contributed by atoms with van der Waals surface area (Å²) in [6, 6.07) is 24.1. The summed E-state index contributed by atoms with van der Waals surface area (Å²) >= 11 is 0. The lowest BCUT2D eigenvalue weighted by atomic mass is 9.86. The van der Waals surface area contributed by atoms with Crippen LogP contribution in [0.15, 0.2) is 72.8 Å². The molecular formula is C32H37N3O. The van der Waals surface area contributed by atoms with Crippen LogP contribution in [0.1, 0.15) is 76.9 Å². The Morgan fingerprint density at radius 2 is 0.778 bits per heavy atom. The largest absolute Gasteiger partial charge is 0.298 e. The predicted octanol–water partition coefficient (Wildman–Crippen LogP) is 8.31. The minimum absolute atomic E-state index is 0.0725. The number of aldehydes is 1. The summed E-state index contributed by atoms with van der Waals surface area (Å²) in [5.41, 5.74) is 6.00. The summed E-state index contributed by atoms with van der Waals surface area (Å²) in [5, 5.41) is 0. The van der Waals surface area contributed by atoms with Crippen molar-refractivity contribution in [2.75, 3.05) is 0 Å². The zero-order valence-electron chi connectivity index (χ0n) is 22.8. The highest BCUT2D eigenvalue weighted by Crippen LogP contribution is 2.29. The lowest BCUT2D eigenvalue weighted by Gasteiger charge is -2.19. The molecule has 0 bridgehead atoms. The van der Waals surface area contributed by atoms with Gasteiger partial charge in [0.15, 0.2) is 17.5 Å². The maximum Gasteiger partial charge on any atom is 0.164 e. The topological polar surface area (TPSA) is 55.7 Å². The van der Waals surface area contributed by atoms with Gasteiger partial charge in [0.05, 0.1) is 0 Å². The van der Waals surface area contributed by atoms with Gasteiger partial charge in [0.25, 0.3) is 0 Å². The average molecular weight is 480 g/mol. The quantitative estimate of drug-likeness (QED) is 0.276. The van der Waals surface area contributed by atoms with Crippen molar-refractivity contribution in [3.05, 3.63) is 89.5 Å². The van der Waals surface area contributed by atoms with E-state index in [9.17, 15) is 4.79 Å². The van der Waals surface area contributed by atoms with Gasteiger partial charge < -0.3 is 0 Å². The van der Waals surface area contributed by atoms with Gasteiger partial charge in [0, 0.05) is 22.3 Å². The zero-order valence-corrected chi connectivity index (χ0v) is 22.8. The average Bonchev–Trinajstić information content (AvgIpc) is 2.89. The van der Waals surface area contributed by atoms with Gasteiger partial charge in [-0.3, -0.25) is 4.79 Å². The third-order valence-electron chi connectivity index (χ3n) is 5.96. The summed E-state index contributed by atoms with van der Waals surface area (Å²) in [5.74, 6) is 1.83. The van der Waals surface area contributed by atoms with E-state index in [1.165, 1.54) is 11.1 Å². The summed E-state index contributed by atoms with van der Waals surface area (Å²) in [7, 11) is 0. The fraction of sp³-hybridized carbons (Fsp3) is 0.312. The fourth-order valence-corrected chi connectivity index (χ4v) is 3.71. The molecule has 4 rings (SSSR count). The van der Waals surface area contributed by atoms with Gasteiger partial charge in [-0.1, -0.05) is 128 Å². The molecule has 0 radical (unpaired) electrons. The molecule has 4 nitrogen and oxygen atoms in total. The summed E-state index contributed by atoms with van der Waals surface area (Å²) in [6.45, 7) is 17.2. The molecule has 3 aromatic carbocycles. The van der Waals surface area contributed by atoms with Gasteiger partial charge in [0.1, 0.15) is 6.29 Å². The Bertz CT molecular complexity index is 1220. The zero-order chi connectivity index (χ0) is 26.5. The molecule has 186 valence electrons. The molecule has 0 amide bonds. The van der Waals surface area contributed by atoms with Crippen molar-refractivity contribution in [3.63, 3.8) is 0 Å². The van der Waals surface area contributed by atoms with Crippen LogP contribution in [0, 0.1) is 0 Å². The molecule has 1 heterocycles. The van der Waals surface area contributed by atoms with Crippen LogP contribution in [0.3, 0.4) is 0 Å². The third-order valence-corrected chi connectivity index (χ3v) is 5.96. The first-order chi connectivity index (χ1) is 17.0. The van der Waals surface area contributed by atoms with E-state index in [2.05, 4.69) is 90.1 Å². The molecule has 0 fully saturated rings. The van der Waals surface area contributed by atoms with Crippen molar-refractivity contribution >= 4 is 6.29 Å². The molecule has 0 aliphatic heterocycles. The number of hydrogen-bond acceptors (Lipinski definition) is 4. The van der Waals surface area contributed by atoms with E-state index in [1.807, 2.05) is 26.0 Å². The molecule has 0 aliphatic rings. The normalized spacial score (nSPS) is 11.4. The number of rotatable bonds is 4. The van der Waals surface area contributed by atoms with Crippen molar-refractivity contribution in [3.8, 4) is 34.2 Å². The SMILES string of the molecule is CC.CC(C)(C)c1ccc(-c2nc(-c3ccc(C=O)cc3)nc(-c3ccc(C(C)(C)C)cc3)n2)cc1.